The Labute approximate surface area is 120 Å². The smallest absolute Gasteiger partial charge is 0.257 e. The number of piperidine rings is 1. The molecule has 5 heteroatoms. The summed E-state index contributed by atoms with van der Waals surface area (Å²) in [5.74, 6) is 0.529. The van der Waals surface area contributed by atoms with Crippen LogP contribution in [0, 0.1) is 0 Å². The van der Waals surface area contributed by atoms with Gasteiger partial charge in [-0.3, -0.25) is 4.79 Å². The van der Waals surface area contributed by atoms with Gasteiger partial charge < -0.3 is 20.7 Å². The maximum Gasteiger partial charge on any atom is 0.257 e. The van der Waals surface area contributed by atoms with Crippen LogP contribution in [0.4, 0.5) is 5.69 Å². The molecule has 1 saturated heterocycles. The van der Waals surface area contributed by atoms with E-state index in [2.05, 4.69) is 17.3 Å². The first-order valence-electron chi connectivity index (χ1n) is 7.10. The molecule has 1 aliphatic heterocycles. The van der Waals surface area contributed by atoms with Gasteiger partial charge in [0.15, 0.2) is 6.61 Å². The van der Waals surface area contributed by atoms with Gasteiger partial charge in [-0.25, -0.2) is 0 Å². The quantitative estimate of drug-likeness (QED) is 0.795. The summed E-state index contributed by atoms with van der Waals surface area (Å²) in [4.78, 5) is 14.1. The summed E-state index contributed by atoms with van der Waals surface area (Å²) >= 11 is 0. The van der Waals surface area contributed by atoms with Crippen molar-refractivity contribution < 1.29 is 9.53 Å². The van der Waals surface area contributed by atoms with Gasteiger partial charge in [0.05, 0.1) is 0 Å². The number of likely N-dealkylation sites (N-methyl/N-ethyl adjacent to an activating group) is 1. The summed E-state index contributed by atoms with van der Waals surface area (Å²) in [7, 11) is 2.11. The van der Waals surface area contributed by atoms with Gasteiger partial charge in [0, 0.05) is 24.3 Å². The number of nitrogens with one attached hydrogen (secondary N) is 1. The molecule has 0 bridgehead atoms. The van der Waals surface area contributed by atoms with Crippen molar-refractivity contribution in [3.8, 4) is 5.75 Å². The highest BCUT2D eigenvalue weighted by Gasteiger charge is 2.19. The summed E-state index contributed by atoms with van der Waals surface area (Å²) in [6.07, 6.45) is 3.64. The molecule has 5 nitrogen and oxygen atoms in total. The predicted octanol–water partition coefficient (Wildman–Crippen LogP) is 1.25. The molecule has 20 heavy (non-hydrogen) atoms. The van der Waals surface area contributed by atoms with Crippen molar-refractivity contribution in [1.82, 2.24) is 10.2 Å². The van der Waals surface area contributed by atoms with Crippen LogP contribution in [0.15, 0.2) is 24.3 Å². The van der Waals surface area contributed by atoms with Gasteiger partial charge in [-0.05, 0) is 38.6 Å². The van der Waals surface area contributed by atoms with E-state index in [4.69, 9.17) is 10.5 Å². The number of carbonyl (C=O) groups is 1. The standard InChI is InChI=1S/C15H23N3O2/c1-18-8-3-2-6-13(18)10-17-15(19)11-20-14-7-4-5-12(16)9-14/h4-5,7,9,13H,2-3,6,8,10-11,16H2,1H3,(H,17,19). The molecule has 1 atom stereocenters. The van der Waals surface area contributed by atoms with Crippen LogP contribution in [0.2, 0.25) is 0 Å². The summed E-state index contributed by atoms with van der Waals surface area (Å²) in [5.41, 5.74) is 6.28. The molecule has 1 heterocycles. The van der Waals surface area contributed by atoms with E-state index in [1.807, 2.05) is 0 Å². The Kier molecular flexibility index (Phi) is 5.24. The number of amides is 1. The van der Waals surface area contributed by atoms with Crippen LogP contribution < -0.4 is 15.8 Å². The van der Waals surface area contributed by atoms with Crippen LogP contribution in [-0.2, 0) is 4.79 Å². The second kappa shape index (κ2) is 7.14. The predicted molar refractivity (Wildman–Crippen MR) is 79.6 cm³/mol. The minimum atomic E-state index is -0.0913. The Morgan fingerprint density at radius 1 is 1.50 bits per heavy atom. The van der Waals surface area contributed by atoms with Crippen molar-refractivity contribution in [3.63, 3.8) is 0 Å². The fourth-order valence-electron chi connectivity index (χ4n) is 2.44. The maximum atomic E-state index is 11.8. The van der Waals surface area contributed by atoms with Gasteiger partial charge in [-0.1, -0.05) is 12.5 Å². The normalized spacial score (nSPS) is 19.6. The molecule has 1 fully saturated rings. The number of carbonyl (C=O) groups excluding carboxylic acids is 1. The monoisotopic (exact) mass is 277 g/mol. The highest BCUT2D eigenvalue weighted by molar-refractivity contribution is 5.77. The van der Waals surface area contributed by atoms with Gasteiger partial charge in [0.25, 0.3) is 5.91 Å². The van der Waals surface area contributed by atoms with E-state index in [0.717, 1.165) is 13.0 Å². The number of likely N-dealkylation sites (tertiary alicyclic amines) is 1. The second-order valence-corrected chi connectivity index (χ2v) is 5.30. The molecule has 1 aromatic carbocycles. The number of benzene rings is 1. The van der Waals surface area contributed by atoms with Gasteiger partial charge in [0.2, 0.25) is 0 Å². The first-order valence-corrected chi connectivity index (χ1v) is 7.10. The lowest BCUT2D eigenvalue weighted by Crippen LogP contribution is -2.45. The molecule has 1 aliphatic rings. The Hall–Kier alpha value is -1.75. The number of nitrogen functional groups attached to an aromatic ring is 1. The third-order valence-electron chi connectivity index (χ3n) is 3.68. The van der Waals surface area contributed by atoms with E-state index in [9.17, 15) is 4.79 Å². The van der Waals surface area contributed by atoms with Crippen molar-refractivity contribution in [2.45, 2.75) is 25.3 Å². The van der Waals surface area contributed by atoms with Crippen LogP contribution in [-0.4, -0.2) is 43.6 Å². The van der Waals surface area contributed by atoms with Gasteiger partial charge in [-0.15, -0.1) is 0 Å². The second-order valence-electron chi connectivity index (χ2n) is 5.30. The molecule has 1 amide bonds. The summed E-state index contributed by atoms with van der Waals surface area (Å²) in [6.45, 7) is 1.83. The summed E-state index contributed by atoms with van der Waals surface area (Å²) in [5, 5.41) is 2.93. The Morgan fingerprint density at radius 3 is 3.10 bits per heavy atom. The number of rotatable bonds is 5. The Morgan fingerprint density at radius 2 is 2.35 bits per heavy atom. The molecule has 0 saturated carbocycles. The molecule has 1 unspecified atom stereocenters. The number of anilines is 1. The van der Waals surface area contributed by atoms with Crippen LogP contribution in [0.5, 0.6) is 5.75 Å². The molecule has 110 valence electrons. The lowest BCUT2D eigenvalue weighted by Gasteiger charge is -2.32. The van der Waals surface area contributed by atoms with Gasteiger partial charge in [0.1, 0.15) is 5.75 Å². The zero-order valence-corrected chi connectivity index (χ0v) is 12.0. The fourth-order valence-corrected chi connectivity index (χ4v) is 2.44. The van der Waals surface area contributed by atoms with E-state index in [-0.39, 0.29) is 12.5 Å². The first kappa shape index (κ1) is 14.7. The first-order chi connectivity index (χ1) is 9.65. The molecule has 2 rings (SSSR count). The zero-order chi connectivity index (χ0) is 14.4. The maximum absolute atomic E-state index is 11.8. The number of nitrogens with zero attached hydrogens (tertiary/aromatic N) is 1. The third kappa shape index (κ3) is 4.42. The third-order valence-corrected chi connectivity index (χ3v) is 3.68. The minimum absolute atomic E-state index is 0.0277. The van der Waals surface area contributed by atoms with Crippen molar-refractivity contribution in [3.05, 3.63) is 24.3 Å². The van der Waals surface area contributed by atoms with Crippen LogP contribution >= 0.6 is 0 Å². The largest absolute Gasteiger partial charge is 0.484 e. The number of ether oxygens (including phenoxy) is 1. The van der Waals surface area contributed by atoms with Crippen molar-refractivity contribution >= 4 is 11.6 Å². The molecule has 1 aromatic rings. The van der Waals surface area contributed by atoms with E-state index in [0.29, 0.717) is 24.0 Å². The van der Waals surface area contributed by atoms with Crippen LogP contribution in [0.3, 0.4) is 0 Å². The van der Waals surface area contributed by atoms with Crippen molar-refractivity contribution in [2.75, 3.05) is 32.5 Å². The fraction of sp³-hybridized carbons (Fsp3) is 0.533. The molecular formula is C15H23N3O2. The van der Waals surface area contributed by atoms with Gasteiger partial charge in [-0.2, -0.15) is 0 Å². The number of hydrogen-bond acceptors (Lipinski definition) is 4. The molecular weight excluding hydrogens is 254 g/mol. The zero-order valence-electron chi connectivity index (χ0n) is 12.0. The van der Waals surface area contributed by atoms with E-state index in [1.54, 1.807) is 24.3 Å². The average molecular weight is 277 g/mol. The number of hydrogen-bond donors (Lipinski definition) is 2. The lowest BCUT2D eigenvalue weighted by atomic mass is 10.0. The molecule has 3 N–H and O–H groups in total. The average Bonchev–Trinajstić information content (AvgIpc) is 2.44. The molecule has 0 aliphatic carbocycles. The van der Waals surface area contributed by atoms with E-state index < -0.39 is 0 Å². The van der Waals surface area contributed by atoms with Crippen LogP contribution in [0.1, 0.15) is 19.3 Å². The summed E-state index contributed by atoms with van der Waals surface area (Å²) in [6, 6.07) is 7.53. The number of nitrogens with two attached hydrogens (primary N) is 1. The summed E-state index contributed by atoms with van der Waals surface area (Å²) < 4.78 is 5.41. The van der Waals surface area contributed by atoms with E-state index >= 15 is 0 Å². The molecule has 0 aromatic heterocycles. The topological polar surface area (TPSA) is 67.6 Å². The molecule has 0 radical (unpaired) electrons. The van der Waals surface area contributed by atoms with Crippen molar-refractivity contribution in [2.24, 2.45) is 0 Å². The Balaban J connectivity index is 1.70. The lowest BCUT2D eigenvalue weighted by molar-refractivity contribution is -0.123. The highest BCUT2D eigenvalue weighted by atomic mass is 16.5. The van der Waals surface area contributed by atoms with Crippen molar-refractivity contribution in [1.29, 1.82) is 0 Å². The Bertz CT molecular complexity index is 450. The minimum Gasteiger partial charge on any atom is -0.484 e. The van der Waals surface area contributed by atoms with Crippen LogP contribution in [0.25, 0.3) is 0 Å². The SMILES string of the molecule is CN1CCCCC1CNC(=O)COc1cccc(N)c1. The van der Waals surface area contributed by atoms with E-state index in [1.165, 1.54) is 12.8 Å². The molecule has 0 spiro atoms. The highest BCUT2D eigenvalue weighted by Crippen LogP contribution is 2.15. The van der Waals surface area contributed by atoms with Gasteiger partial charge >= 0.3 is 0 Å².